The monoisotopic (exact) mass is 1060 g/mol. The highest BCUT2D eigenvalue weighted by Gasteiger charge is 2.35. The van der Waals surface area contributed by atoms with E-state index < -0.39 is 59.4 Å². The maximum absolute atomic E-state index is 12.9. The number of carbonyl (C=O) groups excluding carboxylic acids is 3. The Hall–Kier alpha value is -4.46. The maximum atomic E-state index is 12.9. The van der Waals surface area contributed by atoms with Gasteiger partial charge in [0, 0.05) is 46.1 Å². The number of alkyl halides is 6. The minimum Gasteiger partial charge on any atom is -0.480 e. The SMILES string of the molecule is C=CCN(CC=C)C(=O)C(Cl)Cl.CC(C)OC(=O)c1cc(-n2c(=O)cc(C(F)(F)F)n(C)c2=O)ccc1Cl.CCc1cccc(C)c1N(C(=O)CCl)C(C)COC.CP(=O)(O)CCC(N)C(=O)O. The number of carbonyl (C=O) groups is 4. The van der Waals surface area contributed by atoms with Crippen LogP contribution in [0.4, 0.5) is 18.9 Å². The van der Waals surface area contributed by atoms with Gasteiger partial charge in [-0.25, -0.2) is 14.2 Å². The van der Waals surface area contributed by atoms with E-state index in [9.17, 15) is 46.5 Å². The van der Waals surface area contributed by atoms with Gasteiger partial charge in [-0.1, -0.05) is 72.1 Å². The number of halogens is 7. The summed E-state index contributed by atoms with van der Waals surface area (Å²) in [6, 6.07) is 8.92. The van der Waals surface area contributed by atoms with Crippen molar-refractivity contribution in [1.29, 1.82) is 0 Å². The lowest BCUT2D eigenvalue weighted by molar-refractivity contribution is -0.144. The summed E-state index contributed by atoms with van der Waals surface area (Å²) in [6.07, 6.45) is -1.21. The van der Waals surface area contributed by atoms with Crippen molar-refractivity contribution in [2.45, 2.75) is 76.7 Å². The number of benzene rings is 2. The molecule has 3 unspecified atom stereocenters. The predicted octanol–water partition coefficient (Wildman–Crippen LogP) is 7.62. The van der Waals surface area contributed by atoms with Crippen LogP contribution in [-0.2, 0) is 48.1 Å². The molecule has 3 aromatic rings. The molecule has 380 valence electrons. The molecule has 16 nitrogen and oxygen atoms in total. The lowest BCUT2D eigenvalue weighted by atomic mass is 10.0. The van der Waals surface area contributed by atoms with Crippen LogP contribution in [0.5, 0.6) is 0 Å². The molecule has 1 aromatic heterocycles. The summed E-state index contributed by atoms with van der Waals surface area (Å²) < 4.78 is 60.4. The number of esters is 1. The van der Waals surface area contributed by atoms with Gasteiger partial charge in [-0.15, -0.1) is 24.8 Å². The fourth-order valence-corrected chi connectivity index (χ4v) is 7.11. The number of nitrogens with two attached hydrogens (primary N) is 1. The minimum atomic E-state index is -4.86. The highest BCUT2D eigenvalue weighted by Crippen LogP contribution is 2.36. The molecule has 3 rings (SSSR count). The third-order valence-electron chi connectivity index (χ3n) is 8.93. The van der Waals surface area contributed by atoms with Crippen molar-refractivity contribution in [3.63, 3.8) is 0 Å². The number of amides is 2. The zero-order valence-electron chi connectivity index (χ0n) is 38.9. The molecular formula is C44H59Cl4F3N5O11P. The van der Waals surface area contributed by atoms with Crippen LogP contribution in [0.3, 0.4) is 0 Å². The number of carboxylic acid groups (broad SMARTS) is 1. The van der Waals surface area contributed by atoms with Crippen LogP contribution in [0, 0.1) is 6.92 Å². The number of aryl methyl sites for hydroxylation is 2. The van der Waals surface area contributed by atoms with Crippen molar-refractivity contribution in [3.05, 3.63) is 116 Å². The summed E-state index contributed by atoms with van der Waals surface area (Å²) in [7, 11) is -0.571. The van der Waals surface area contributed by atoms with Crippen molar-refractivity contribution >= 4 is 83.2 Å². The second kappa shape index (κ2) is 30.2. The molecule has 0 aliphatic rings. The fraction of sp³-hybridized carbons (Fsp3) is 0.455. The van der Waals surface area contributed by atoms with E-state index in [1.807, 2.05) is 26.0 Å². The van der Waals surface area contributed by atoms with E-state index in [0.717, 1.165) is 36.3 Å². The molecule has 4 N–H and O–H groups in total. The van der Waals surface area contributed by atoms with Gasteiger partial charge in [-0.2, -0.15) is 13.2 Å². The summed E-state index contributed by atoms with van der Waals surface area (Å²) >= 11 is 22.5. The van der Waals surface area contributed by atoms with Crippen LogP contribution in [-0.4, -0.2) is 116 Å². The molecular weight excluding hydrogens is 1000 g/mol. The van der Waals surface area contributed by atoms with Crippen LogP contribution in [0.15, 0.2) is 77.4 Å². The lowest BCUT2D eigenvalue weighted by Gasteiger charge is -2.31. The number of hydrogen-bond acceptors (Lipinski definition) is 10. The molecule has 2 aromatic carbocycles. The molecule has 0 saturated heterocycles. The van der Waals surface area contributed by atoms with E-state index in [0.29, 0.717) is 34.9 Å². The number of carboxylic acids is 1. The Bertz CT molecular complexity index is 2350. The van der Waals surface area contributed by atoms with Crippen LogP contribution in [0.25, 0.3) is 5.69 Å². The molecule has 24 heteroatoms. The molecule has 1 heterocycles. The van der Waals surface area contributed by atoms with Crippen molar-refractivity contribution in [1.82, 2.24) is 14.0 Å². The quantitative estimate of drug-likeness (QED) is 0.0485. The van der Waals surface area contributed by atoms with Gasteiger partial charge in [0.1, 0.15) is 17.6 Å². The summed E-state index contributed by atoms with van der Waals surface area (Å²) in [6.45, 7) is 18.9. The van der Waals surface area contributed by atoms with Crippen molar-refractivity contribution in [3.8, 4) is 5.69 Å². The van der Waals surface area contributed by atoms with Gasteiger partial charge < -0.3 is 35.0 Å². The van der Waals surface area contributed by atoms with E-state index in [-0.39, 0.29) is 52.6 Å². The Kier molecular flexibility index (Phi) is 28.2. The molecule has 0 spiro atoms. The number of nitrogens with zero attached hydrogens (tertiary/aromatic N) is 4. The van der Waals surface area contributed by atoms with E-state index in [1.165, 1.54) is 23.7 Å². The summed E-state index contributed by atoms with van der Waals surface area (Å²) in [5, 5.41) is 8.29. The lowest BCUT2D eigenvalue weighted by Crippen LogP contribution is -2.43. The van der Waals surface area contributed by atoms with Crippen molar-refractivity contribution < 1.29 is 56.4 Å². The summed E-state index contributed by atoms with van der Waals surface area (Å²) in [5.41, 5.74) is 4.30. The topological polar surface area (TPSA) is 221 Å². The second-order valence-corrected chi connectivity index (χ2v) is 19.2. The Morgan fingerprint density at radius 3 is 2.04 bits per heavy atom. The van der Waals surface area contributed by atoms with Crippen LogP contribution >= 0.6 is 53.8 Å². The number of ether oxygens (including phenoxy) is 2. The molecule has 0 fully saturated rings. The third kappa shape index (κ3) is 21.0. The first kappa shape index (κ1) is 63.5. The normalized spacial score (nSPS) is 12.6. The first-order chi connectivity index (χ1) is 31.4. The largest absolute Gasteiger partial charge is 0.480 e. The predicted molar refractivity (Wildman–Crippen MR) is 261 cm³/mol. The maximum Gasteiger partial charge on any atom is 0.431 e. The Labute approximate surface area is 413 Å². The third-order valence-corrected chi connectivity index (χ3v) is 10.9. The van der Waals surface area contributed by atoms with Gasteiger partial charge in [0.15, 0.2) is 12.2 Å². The number of anilines is 1. The second-order valence-electron chi connectivity index (χ2n) is 14.9. The van der Waals surface area contributed by atoms with Gasteiger partial charge in [-0.3, -0.25) is 28.3 Å². The smallest absolute Gasteiger partial charge is 0.431 e. The van der Waals surface area contributed by atoms with Gasteiger partial charge in [-0.05, 0) is 69.9 Å². The minimum absolute atomic E-state index is 0.0104. The molecule has 0 bridgehead atoms. The molecule has 0 aliphatic heterocycles. The van der Waals surface area contributed by atoms with E-state index in [2.05, 4.69) is 26.1 Å². The summed E-state index contributed by atoms with van der Waals surface area (Å²) in [5.74, 6) is -2.36. The Morgan fingerprint density at radius 2 is 1.60 bits per heavy atom. The number of hydrogen-bond donors (Lipinski definition) is 3. The molecule has 0 aliphatic carbocycles. The number of para-hydroxylation sites is 1. The standard InChI is InChI=1S/C16H14ClF3N2O4.C15H22ClNO2.C8H11Cl2NO.C5H12NO4P/c1-8(2)26-14(24)10-6-9(4-5-11(10)17)22-13(23)7-12(16(18,19)20)21(3)15(22)25;1-5-13-8-6-7-11(2)15(13)17(14(18)9-16)12(3)10-19-4;1-3-5-11(6-4-2)8(12)7(9)10;1-11(9,10)3-2-4(6)5(7)8/h4-8H,1-3H3;6-8,12H,5,9-10H2,1-4H3;3-4,7H,1-2,5-6H2;4H,2-3,6H2,1H3,(H,7,8)(H,9,10). The average Bonchev–Trinajstić information content (AvgIpc) is 3.24. The molecule has 3 atom stereocenters. The van der Waals surface area contributed by atoms with Gasteiger partial charge >= 0.3 is 23.8 Å². The zero-order chi connectivity index (χ0) is 52.9. The Balaban J connectivity index is 0.000000940. The number of aromatic nitrogens is 2. The average molecular weight is 1060 g/mol. The Morgan fingerprint density at radius 1 is 1.03 bits per heavy atom. The number of aliphatic carboxylic acids is 1. The fourth-order valence-electron chi connectivity index (χ4n) is 5.75. The molecule has 0 radical (unpaired) electrons. The number of methoxy groups -OCH3 is 1. The highest BCUT2D eigenvalue weighted by atomic mass is 35.5. The first-order valence-corrected chi connectivity index (χ1v) is 24.5. The van der Waals surface area contributed by atoms with E-state index in [1.54, 1.807) is 38.0 Å². The van der Waals surface area contributed by atoms with Crippen molar-refractivity contribution in [2.24, 2.45) is 12.8 Å². The van der Waals surface area contributed by atoms with E-state index >= 15 is 0 Å². The molecule has 0 saturated carbocycles. The van der Waals surface area contributed by atoms with E-state index in [4.69, 9.17) is 71.6 Å². The molecule has 68 heavy (non-hydrogen) atoms. The van der Waals surface area contributed by atoms with Crippen molar-refractivity contribution in [2.75, 3.05) is 50.4 Å². The van der Waals surface area contributed by atoms with Gasteiger partial charge in [0.2, 0.25) is 5.91 Å². The first-order valence-electron chi connectivity index (χ1n) is 20.4. The number of rotatable bonds is 18. The zero-order valence-corrected chi connectivity index (χ0v) is 42.8. The van der Waals surface area contributed by atoms with Gasteiger partial charge in [0.05, 0.1) is 40.7 Å². The van der Waals surface area contributed by atoms with Crippen LogP contribution in [0.2, 0.25) is 5.02 Å². The van der Waals surface area contributed by atoms with Gasteiger partial charge in [0.25, 0.3) is 11.5 Å². The van der Waals surface area contributed by atoms with Crippen LogP contribution < -0.4 is 21.9 Å². The van der Waals surface area contributed by atoms with Crippen LogP contribution in [0.1, 0.15) is 61.3 Å². The summed E-state index contributed by atoms with van der Waals surface area (Å²) in [4.78, 5) is 80.9. The molecule has 2 amide bonds. The highest BCUT2D eigenvalue weighted by molar-refractivity contribution is 7.57.